The molecule has 0 aliphatic carbocycles. The number of carboxylic acid groups (broad SMARTS) is 2. The number of rotatable bonds is 6. The summed E-state index contributed by atoms with van der Waals surface area (Å²) in [4.78, 5) is 22.6. The molecule has 0 atom stereocenters. The minimum absolute atomic E-state index is 0. The third kappa shape index (κ3) is 9.31. The first-order chi connectivity index (χ1) is 8.79. The molecule has 1 aromatic rings. The van der Waals surface area contributed by atoms with Gasteiger partial charge < -0.3 is 19.8 Å². The number of aryl methyl sites for hydroxylation is 3. The average Bonchev–Trinajstić information content (AvgIpc) is 2.21. The fourth-order valence-corrected chi connectivity index (χ4v) is 2.22. The normalized spacial score (nSPS) is 9.71. The fraction of sp³-hybridized carbons (Fsp3) is 0.429. The summed E-state index contributed by atoms with van der Waals surface area (Å²) in [6, 6.07) is 3.97. The van der Waals surface area contributed by atoms with Crippen LogP contribution in [-0.2, 0) is 16.1 Å². The van der Waals surface area contributed by atoms with E-state index in [9.17, 15) is 19.8 Å². The Morgan fingerprint density at radius 2 is 1.33 bits per heavy atom. The van der Waals surface area contributed by atoms with Crippen molar-refractivity contribution >= 4 is 11.9 Å². The first-order valence-corrected chi connectivity index (χ1v) is 5.98. The van der Waals surface area contributed by atoms with Gasteiger partial charge in [0.15, 0.2) is 0 Å². The molecule has 0 spiro atoms. The second-order valence-electron chi connectivity index (χ2n) is 4.77. The molecule has 0 amide bonds. The van der Waals surface area contributed by atoms with Crippen LogP contribution in [0.3, 0.4) is 0 Å². The number of hydrogen-bond acceptors (Lipinski definition) is 5. The Labute approximate surface area is 210 Å². The maximum absolute atomic E-state index is 10.6. The molecule has 0 N–H and O–H groups in total. The molecule has 21 heavy (non-hydrogen) atoms. The van der Waals surface area contributed by atoms with Gasteiger partial charge in [-0.15, -0.1) is 0 Å². The topological polar surface area (TPSA) is 83.5 Å². The SMILES string of the molecule is Cc1cc(C)c(CN(CC(=O)[O-])CC(=O)[O-])c(C)c1.[K+].[K+]. The Hall–Kier alpha value is 1.39. The van der Waals surface area contributed by atoms with E-state index in [-0.39, 0.29) is 109 Å². The number of carboxylic acids is 2. The Kier molecular flexibility index (Phi) is 13.9. The minimum Gasteiger partial charge on any atom is -0.549 e. The van der Waals surface area contributed by atoms with Crippen molar-refractivity contribution in [3.8, 4) is 0 Å². The van der Waals surface area contributed by atoms with Crippen molar-refractivity contribution in [1.82, 2.24) is 4.90 Å². The largest absolute Gasteiger partial charge is 1.00 e. The van der Waals surface area contributed by atoms with E-state index < -0.39 is 25.0 Å². The van der Waals surface area contributed by atoms with Crippen LogP contribution in [0, 0.1) is 20.8 Å². The first-order valence-electron chi connectivity index (χ1n) is 5.98. The van der Waals surface area contributed by atoms with E-state index in [0.29, 0.717) is 0 Å². The number of carbonyl (C=O) groups excluding carboxylic acids is 2. The third-order valence-electron chi connectivity index (χ3n) is 2.93. The van der Waals surface area contributed by atoms with Gasteiger partial charge in [0.25, 0.3) is 0 Å². The molecular weight excluding hydrogens is 324 g/mol. The van der Waals surface area contributed by atoms with Gasteiger partial charge in [-0.2, -0.15) is 0 Å². The summed E-state index contributed by atoms with van der Waals surface area (Å²) in [5.41, 5.74) is 4.08. The molecular formula is C14H17K2NO4. The zero-order chi connectivity index (χ0) is 14.6. The molecule has 0 radical (unpaired) electrons. The van der Waals surface area contributed by atoms with Gasteiger partial charge in [-0.3, -0.25) is 4.90 Å². The van der Waals surface area contributed by atoms with E-state index in [4.69, 9.17) is 0 Å². The van der Waals surface area contributed by atoms with E-state index in [1.807, 2.05) is 32.9 Å². The first kappa shape index (κ1) is 24.6. The van der Waals surface area contributed by atoms with Gasteiger partial charge in [-0.1, -0.05) is 17.7 Å². The van der Waals surface area contributed by atoms with Crippen LogP contribution >= 0.6 is 0 Å². The van der Waals surface area contributed by atoms with Crippen molar-refractivity contribution in [2.75, 3.05) is 13.1 Å². The van der Waals surface area contributed by atoms with Crippen LogP contribution in [-0.4, -0.2) is 29.9 Å². The molecule has 0 fully saturated rings. The fourth-order valence-electron chi connectivity index (χ4n) is 2.22. The molecule has 0 saturated carbocycles. The molecule has 1 rings (SSSR count). The Morgan fingerprint density at radius 3 is 1.67 bits per heavy atom. The molecule has 0 aliphatic rings. The summed E-state index contributed by atoms with van der Waals surface area (Å²) in [5.74, 6) is -2.60. The molecule has 0 bridgehead atoms. The maximum Gasteiger partial charge on any atom is 1.00 e. The number of carbonyl (C=O) groups is 2. The van der Waals surface area contributed by atoms with Crippen LogP contribution < -0.4 is 113 Å². The molecule has 7 heteroatoms. The van der Waals surface area contributed by atoms with E-state index in [2.05, 4.69) is 0 Å². The molecule has 0 saturated heterocycles. The van der Waals surface area contributed by atoms with Crippen LogP contribution in [0.4, 0.5) is 0 Å². The molecule has 0 heterocycles. The minimum atomic E-state index is -1.30. The maximum atomic E-state index is 10.6. The van der Waals surface area contributed by atoms with Crippen molar-refractivity contribution < 1.29 is 123 Å². The summed E-state index contributed by atoms with van der Waals surface area (Å²) >= 11 is 0. The zero-order valence-electron chi connectivity index (χ0n) is 13.4. The van der Waals surface area contributed by atoms with Crippen LogP contribution in [0.2, 0.25) is 0 Å². The Balaban J connectivity index is 0. The second-order valence-corrected chi connectivity index (χ2v) is 4.77. The third-order valence-corrected chi connectivity index (χ3v) is 2.93. The molecule has 1 aromatic carbocycles. The summed E-state index contributed by atoms with van der Waals surface area (Å²) in [6.07, 6.45) is 0. The zero-order valence-corrected chi connectivity index (χ0v) is 19.6. The smallest absolute Gasteiger partial charge is 0.549 e. The van der Waals surface area contributed by atoms with Gasteiger partial charge in [0.1, 0.15) is 0 Å². The predicted octanol–water partition coefficient (Wildman–Crippen LogP) is -7.08. The van der Waals surface area contributed by atoms with Crippen LogP contribution in [0.1, 0.15) is 22.3 Å². The van der Waals surface area contributed by atoms with E-state index in [1.54, 1.807) is 0 Å². The van der Waals surface area contributed by atoms with Crippen molar-refractivity contribution in [2.45, 2.75) is 27.3 Å². The summed E-state index contributed by atoms with van der Waals surface area (Å²) in [6.45, 7) is 5.21. The number of nitrogens with zero attached hydrogens (tertiary/aromatic N) is 1. The molecule has 0 aromatic heterocycles. The van der Waals surface area contributed by atoms with Crippen molar-refractivity contribution in [2.24, 2.45) is 0 Å². The van der Waals surface area contributed by atoms with Gasteiger partial charge in [-0.05, 0) is 37.5 Å². The number of benzene rings is 1. The molecule has 0 unspecified atom stereocenters. The Morgan fingerprint density at radius 1 is 0.952 bits per heavy atom. The number of aliphatic carboxylic acids is 2. The summed E-state index contributed by atoms with van der Waals surface area (Å²) in [5, 5.41) is 21.3. The van der Waals surface area contributed by atoms with Gasteiger partial charge in [0.2, 0.25) is 0 Å². The monoisotopic (exact) mass is 341 g/mol. The Bertz CT molecular complexity index is 467. The van der Waals surface area contributed by atoms with Gasteiger partial charge >= 0.3 is 103 Å². The standard InChI is InChI=1S/C14H19NO4.2K/c1-9-4-10(2)12(11(3)5-9)6-15(7-13(16)17)8-14(18)19;;/h4-5H,6-8H2,1-3H3,(H,16,17)(H,18,19);;/q;2*+1/p-2. The van der Waals surface area contributed by atoms with Gasteiger partial charge in [0.05, 0.1) is 11.9 Å². The van der Waals surface area contributed by atoms with Crippen LogP contribution in [0.15, 0.2) is 12.1 Å². The predicted molar refractivity (Wildman–Crippen MR) is 65.9 cm³/mol. The van der Waals surface area contributed by atoms with Crippen LogP contribution in [0.25, 0.3) is 0 Å². The second kappa shape index (κ2) is 11.9. The van der Waals surface area contributed by atoms with Crippen molar-refractivity contribution in [1.29, 1.82) is 0 Å². The molecule has 0 aliphatic heterocycles. The van der Waals surface area contributed by atoms with Gasteiger partial charge in [-0.25, -0.2) is 0 Å². The molecule has 104 valence electrons. The summed E-state index contributed by atoms with van der Waals surface area (Å²) < 4.78 is 0. The van der Waals surface area contributed by atoms with Crippen molar-refractivity contribution in [3.63, 3.8) is 0 Å². The van der Waals surface area contributed by atoms with Crippen molar-refractivity contribution in [3.05, 3.63) is 34.4 Å². The van der Waals surface area contributed by atoms with E-state index >= 15 is 0 Å². The quantitative estimate of drug-likeness (QED) is 0.480. The number of hydrogen-bond donors (Lipinski definition) is 0. The van der Waals surface area contributed by atoms with E-state index in [1.165, 1.54) is 4.90 Å². The van der Waals surface area contributed by atoms with Crippen LogP contribution in [0.5, 0.6) is 0 Å². The summed E-state index contributed by atoms with van der Waals surface area (Å²) in [7, 11) is 0. The molecule has 5 nitrogen and oxygen atoms in total. The van der Waals surface area contributed by atoms with E-state index in [0.717, 1.165) is 22.3 Å². The van der Waals surface area contributed by atoms with Gasteiger partial charge in [0, 0.05) is 19.6 Å². The average molecular weight is 341 g/mol.